The molecule has 0 aliphatic heterocycles. The highest BCUT2D eigenvalue weighted by molar-refractivity contribution is 7.15. The second-order valence-corrected chi connectivity index (χ2v) is 27.7. The van der Waals surface area contributed by atoms with Gasteiger partial charge in [-0.1, -0.05) is 67.7 Å². The third-order valence-electron chi connectivity index (χ3n) is 15.9. The fraction of sp³-hybridized carbons (Fsp3) is 0.320. The topological polar surface area (TPSA) is 121 Å². The Labute approximate surface area is 546 Å². The van der Waals surface area contributed by atoms with Gasteiger partial charge in [0.05, 0.1) is 17.7 Å². The van der Waals surface area contributed by atoms with E-state index in [1.54, 1.807) is 41.2 Å². The van der Waals surface area contributed by atoms with Crippen molar-refractivity contribution < 1.29 is 65.5 Å². The summed E-state index contributed by atoms with van der Waals surface area (Å²) in [5, 5.41) is 9.07. The van der Waals surface area contributed by atoms with E-state index < -0.39 is 5.97 Å². The lowest BCUT2D eigenvalue weighted by Gasteiger charge is -2.19. The number of thiophene rings is 2. The zero-order valence-corrected chi connectivity index (χ0v) is 57.9. The summed E-state index contributed by atoms with van der Waals surface area (Å²) in [6.07, 6.45) is 22.5. The second kappa shape index (κ2) is 31.2. The monoisotopic (exact) mass is 1260 g/mol. The maximum absolute atomic E-state index is 11.1. The molecular weight excluding hydrogens is 1170 g/mol. The van der Waals surface area contributed by atoms with Crippen molar-refractivity contribution >= 4 is 41.6 Å². The summed E-state index contributed by atoms with van der Waals surface area (Å²) in [5.74, 6) is -0.0526. The number of hydrogen-bond acceptors (Lipinski definition) is 7. The van der Waals surface area contributed by atoms with Gasteiger partial charge in [0.25, 0.3) is 58.5 Å². The van der Waals surface area contributed by atoms with Gasteiger partial charge in [-0.15, -0.1) is 22.7 Å². The Morgan fingerprint density at radius 2 is 0.824 bits per heavy atom. The number of carbonyl (C=O) groups excluding carboxylic acids is 2. The van der Waals surface area contributed by atoms with Crippen LogP contribution in [-0.4, -0.2) is 24.0 Å². The van der Waals surface area contributed by atoms with Crippen molar-refractivity contribution in [1.29, 1.82) is 0 Å². The second-order valence-electron chi connectivity index (χ2n) is 25.2. The van der Waals surface area contributed by atoms with Crippen molar-refractivity contribution in [1.82, 2.24) is 0 Å². The maximum Gasteiger partial charge on any atom is 0.336 e. The summed E-state index contributed by atoms with van der Waals surface area (Å²) in [6.45, 7) is 20.9. The highest BCUT2D eigenvalue weighted by Crippen LogP contribution is 2.33. The molecular formula is C75H92N8O6S2+8. The molecule has 0 aliphatic carbocycles. The molecule has 0 atom stereocenters. The molecule has 16 heteroatoms. The van der Waals surface area contributed by atoms with Gasteiger partial charge in [0.1, 0.15) is 67.9 Å². The van der Waals surface area contributed by atoms with Crippen LogP contribution in [0.25, 0.3) is 66.4 Å². The largest absolute Gasteiger partial charge is 0.478 e. The average molecular weight is 1270 g/mol. The van der Waals surface area contributed by atoms with Gasteiger partial charge >= 0.3 is 5.97 Å². The fourth-order valence-corrected chi connectivity index (χ4v) is 12.2. The van der Waals surface area contributed by atoms with Crippen LogP contribution in [0.4, 0.5) is 0 Å². The van der Waals surface area contributed by atoms with Crippen molar-refractivity contribution in [2.45, 2.75) is 105 Å². The Morgan fingerprint density at radius 3 is 1.25 bits per heavy atom. The molecule has 91 heavy (non-hydrogen) atoms. The van der Waals surface area contributed by atoms with Gasteiger partial charge in [-0.3, -0.25) is 9.59 Å². The molecule has 0 spiro atoms. The SMILES string of the molecule is CCCCCCc1ccc(-c2cc[n+](C)c(-c3cc(-c4ccc(C)s4)cc[n+]3C)c2)s1.C[n+]1ccc(C(C)(C)C)cc1-c1cc(C(C)(C)C)cc[n+]1C.C[n+]1ccc(OC=O)cc1-c1cc(C(=O)O)cc[n+]1C.Cc1cc[n+](C)c(-c2cc(OC=O)cc[n+]2C)c1. The molecule has 10 aromatic rings. The van der Waals surface area contributed by atoms with Crippen LogP contribution in [0.2, 0.25) is 0 Å². The number of carboxylic acids is 1. The standard InChI is InChI=1S/C27H32N2S2.C20H30N2.C14H13N2O4.C14H16N2O2/c1-5-6-7-8-9-23-11-13-27(31-23)22-15-17-29(4)25(19-22)24-18-21(14-16-28(24)3)26-12-10-20(2)30-26;1-19(2,3)15-9-11-21(7)17(13-15)18-14-16(20(4,5)6)10-12-22(18)8;1-15-5-3-10(14(18)19)7-12(15)13-8-11(20-9-17)4-6-16(13)2;1-11-4-6-15(2)13(8-11)14-9-12(18-10-17)5-7-16(14)3/h10-19H,5-9H2,1-4H3;9-14H,1-8H3;3-9H,1-2H3;4-10H,1-3H3/q2*+2;+1;+2/p+1. The number of aryl methyl sites for hydroxylation is 11. The quantitative estimate of drug-likeness (QED) is 0.0584. The van der Waals surface area contributed by atoms with Crippen molar-refractivity contribution in [2.24, 2.45) is 56.4 Å². The smallest absolute Gasteiger partial charge is 0.336 e. The first-order chi connectivity index (χ1) is 43.2. The van der Waals surface area contributed by atoms with Crippen LogP contribution in [0.5, 0.6) is 11.5 Å². The van der Waals surface area contributed by atoms with Crippen LogP contribution >= 0.6 is 22.7 Å². The average Bonchev–Trinajstić information content (AvgIpc) is 4.22. The maximum atomic E-state index is 11.1. The number of aromatic nitrogens is 8. The number of unbranched alkanes of at least 4 members (excludes halogenated alkanes) is 3. The van der Waals surface area contributed by atoms with Gasteiger partial charge in [-0.05, 0) is 78.5 Å². The summed E-state index contributed by atoms with van der Waals surface area (Å²) >= 11 is 3.80. The molecule has 0 fully saturated rings. The number of carbonyl (C=O) groups is 3. The first kappa shape index (κ1) is 69.5. The van der Waals surface area contributed by atoms with Gasteiger partial charge in [0, 0.05) is 116 Å². The first-order valence-electron chi connectivity index (χ1n) is 30.8. The van der Waals surface area contributed by atoms with Crippen LogP contribution < -0.4 is 46.0 Å². The van der Waals surface area contributed by atoms with Crippen molar-refractivity contribution in [2.75, 3.05) is 0 Å². The number of pyridine rings is 8. The minimum Gasteiger partial charge on any atom is -0.478 e. The Morgan fingerprint density at radius 1 is 0.440 bits per heavy atom. The molecule has 1 N–H and O–H groups in total. The fourth-order valence-electron chi connectivity index (χ4n) is 10.3. The molecule has 0 bridgehead atoms. The molecule has 472 valence electrons. The van der Waals surface area contributed by atoms with Crippen LogP contribution in [0.15, 0.2) is 171 Å². The Kier molecular flexibility index (Phi) is 23.8. The normalized spacial score (nSPS) is 11.1. The third kappa shape index (κ3) is 18.6. The summed E-state index contributed by atoms with van der Waals surface area (Å²) < 4.78 is 26.2. The number of aromatic carboxylic acids is 1. The van der Waals surface area contributed by atoms with E-state index in [1.165, 1.54) is 108 Å². The number of nitrogens with zero attached hydrogens (tertiary/aromatic N) is 8. The van der Waals surface area contributed by atoms with E-state index in [9.17, 15) is 14.4 Å². The van der Waals surface area contributed by atoms with E-state index in [2.05, 4.69) is 218 Å². The van der Waals surface area contributed by atoms with Gasteiger partial charge in [0.15, 0.2) is 49.6 Å². The predicted molar refractivity (Wildman–Crippen MR) is 359 cm³/mol. The Bertz CT molecular complexity index is 4130. The van der Waals surface area contributed by atoms with Crippen molar-refractivity contribution in [3.05, 3.63) is 203 Å². The van der Waals surface area contributed by atoms with Gasteiger partial charge in [-0.2, -0.15) is 36.5 Å². The molecule has 10 rings (SSSR count). The minimum absolute atomic E-state index is 0.156. The zero-order valence-electron chi connectivity index (χ0n) is 56.2. The van der Waals surface area contributed by atoms with Crippen LogP contribution in [0.1, 0.15) is 111 Å². The van der Waals surface area contributed by atoms with Gasteiger partial charge in [0.2, 0.25) is 0 Å². The number of ether oxygens (including phenoxy) is 2. The van der Waals surface area contributed by atoms with E-state index in [-0.39, 0.29) is 16.4 Å². The Hall–Kier alpha value is -8.99. The van der Waals surface area contributed by atoms with E-state index in [0.29, 0.717) is 30.1 Å². The number of hydrogen-bond donors (Lipinski definition) is 1. The van der Waals surface area contributed by atoms with E-state index in [0.717, 1.165) is 17.1 Å². The molecule has 0 amide bonds. The predicted octanol–water partition coefficient (Wildman–Crippen LogP) is 11.6. The molecule has 10 aromatic heterocycles. The molecule has 0 radical (unpaired) electrons. The van der Waals surface area contributed by atoms with E-state index in [4.69, 9.17) is 14.6 Å². The Balaban J connectivity index is 0.000000177. The first-order valence-corrected chi connectivity index (χ1v) is 32.4. The summed E-state index contributed by atoms with van der Waals surface area (Å²) in [7, 11) is 16.1. The third-order valence-corrected chi connectivity index (χ3v) is 18.2. The van der Waals surface area contributed by atoms with Crippen LogP contribution in [0.3, 0.4) is 0 Å². The van der Waals surface area contributed by atoms with Crippen molar-refractivity contribution in [3.8, 4) is 77.9 Å². The van der Waals surface area contributed by atoms with E-state index in [1.807, 2.05) is 83.0 Å². The lowest BCUT2D eigenvalue weighted by molar-refractivity contribution is -0.690. The minimum atomic E-state index is -0.991. The van der Waals surface area contributed by atoms with Crippen LogP contribution in [0, 0.1) is 13.8 Å². The van der Waals surface area contributed by atoms with Gasteiger partial charge in [-0.25, -0.2) is 4.79 Å². The molecule has 0 aliphatic rings. The molecule has 0 aromatic carbocycles. The molecule has 10 heterocycles. The van der Waals surface area contributed by atoms with Crippen molar-refractivity contribution in [3.63, 3.8) is 0 Å². The zero-order chi connectivity index (χ0) is 66.3. The highest BCUT2D eigenvalue weighted by Gasteiger charge is 2.28. The number of rotatable bonds is 16. The molecule has 0 saturated heterocycles. The molecule has 0 unspecified atom stereocenters. The molecule has 0 saturated carbocycles. The lowest BCUT2D eigenvalue weighted by atomic mass is 9.85. The summed E-state index contributed by atoms with van der Waals surface area (Å²) in [4.78, 5) is 37.4. The van der Waals surface area contributed by atoms with E-state index >= 15 is 0 Å². The lowest BCUT2D eigenvalue weighted by Crippen LogP contribution is -2.39. The van der Waals surface area contributed by atoms with Crippen LogP contribution in [-0.2, 0) is 83.2 Å². The summed E-state index contributed by atoms with van der Waals surface area (Å²) in [5.41, 5.74) is 15.4. The van der Waals surface area contributed by atoms with Gasteiger partial charge < -0.3 is 14.6 Å². The molecule has 14 nitrogen and oxygen atoms in total. The summed E-state index contributed by atoms with van der Waals surface area (Å²) in [6, 6.07) is 41.4. The number of carboxylic acid groups (broad SMARTS) is 1. The highest BCUT2D eigenvalue weighted by atomic mass is 32.1.